The van der Waals surface area contributed by atoms with E-state index in [9.17, 15) is 14.9 Å². The molecule has 3 rings (SSSR count). The molecule has 0 unspecified atom stereocenters. The Hall–Kier alpha value is -3.19. The van der Waals surface area contributed by atoms with Gasteiger partial charge in [0.1, 0.15) is 6.20 Å². The number of halogens is 1. The van der Waals surface area contributed by atoms with E-state index in [0.29, 0.717) is 10.6 Å². The highest BCUT2D eigenvalue weighted by atomic mass is 35.5. The minimum absolute atomic E-state index is 0.0256. The van der Waals surface area contributed by atoms with Crippen LogP contribution in [0.25, 0.3) is 0 Å². The number of aryl methyl sites for hydroxylation is 2. The number of aromatic nitrogens is 2. The Balaban J connectivity index is 1.69. The van der Waals surface area contributed by atoms with E-state index in [2.05, 4.69) is 9.55 Å². The van der Waals surface area contributed by atoms with Gasteiger partial charge in [0.2, 0.25) is 11.5 Å². The summed E-state index contributed by atoms with van der Waals surface area (Å²) in [6, 6.07) is 12.4. The van der Waals surface area contributed by atoms with E-state index in [1.807, 2.05) is 44.2 Å². The van der Waals surface area contributed by atoms with Crippen LogP contribution in [0.4, 0.5) is 5.82 Å². The Morgan fingerprint density at radius 2 is 1.97 bits per heavy atom. The van der Waals surface area contributed by atoms with Gasteiger partial charge in [0, 0.05) is 28.5 Å². The third kappa shape index (κ3) is 4.81. The van der Waals surface area contributed by atoms with Crippen molar-refractivity contribution in [2.24, 2.45) is 0 Å². The highest BCUT2D eigenvalue weighted by Gasteiger charge is 2.20. The standard InChI is InChI=1S/C21H20ClN3O4/c1-14-12-18(15(2)24(14)11-9-16-5-7-17(22)8-6-16)19(26)13-29-20-4-3-10-23-21(20)25(27)28/h3-8,10,12H,9,11,13H2,1-2H3. The van der Waals surface area contributed by atoms with Crippen LogP contribution in [0, 0.1) is 24.0 Å². The summed E-state index contributed by atoms with van der Waals surface area (Å²) in [7, 11) is 0. The van der Waals surface area contributed by atoms with Gasteiger partial charge in [0.25, 0.3) is 0 Å². The zero-order valence-electron chi connectivity index (χ0n) is 16.1. The van der Waals surface area contributed by atoms with Crippen molar-refractivity contribution < 1.29 is 14.5 Å². The quantitative estimate of drug-likeness (QED) is 0.307. The molecule has 8 heteroatoms. The summed E-state index contributed by atoms with van der Waals surface area (Å²) in [5.74, 6) is -0.676. The van der Waals surface area contributed by atoms with E-state index in [1.54, 1.807) is 0 Å². The maximum Gasteiger partial charge on any atom is 0.406 e. The topological polar surface area (TPSA) is 87.3 Å². The lowest BCUT2D eigenvalue weighted by Crippen LogP contribution is -2.14. The van der Waals surface area contributed by atoms with Crippen molar-refractivity contribution in [2.75, 3.05) is 6.61 Å². The number of benzene rings is 1. The molecule has 0 saturated carbocycles. The maximum absolute atomic E-state index is 12.7. The normalized spacial score (nSPS) is 10.7. The SMILES string of the molecule is Cc1cc(C(=O)COc2cccnc2[N+](=O)[O-])c(C)n1CCc1ccc(Cl)cc1. The lowest BCUT2D eigenvalue weighted by Gasteiger charge is -2.10. The predicted molar refractivity (Wildman–Crippen MR) is 110 cm³/mol. The highest BCUT2D eigenvalue weighted by molar-refractivity contribution is 6.30. The van der Waals surface area contributed by atoms with E-state index >= 15 is 0 Å². The second kappa shape index (κ2) is 8.87. The molecule has 0 saturated heterocycles. The van der Waals surface area contributed by atoms with Gasteiger partial charge in [-0.15, -0.1) is 0 Å². The molecule has 0 atom stereocenters. The van der Waals surface area contributed by atoms with E-state index in [-0.39, 0.29) is 18.1 Å². The third-order valence-electron chi connectivity index (χ3n) is 4.69. The van der Waals surface area contributed by atoms with Gasteiger partial charge in [-0.05, 0) is 66.1 Å². The summed E-state index contributed by atoms with van der Waals surface area (Å²) >= 11 is 5.92. The summed E-state index contributed by atoms with van der Waals surface area (Å²) < 4.78 is 7.46. The number of hydrogen-bond donors (Lipinski definition) is 0. The number of nitro groups is 1. The lowest BCUT2D eigenvalue weighted by atomic mass is 10.1. The van der Waals surface area contributed by atoms with E-state index < -0.39 is 10.7 Å². The molecule has 0 aliphatic rings. The molecule has 2 heterocycles. The van der Waals surface area contributed by atoms with Crippen molar-refractivity contribution >= 4 is 23.2 Å². The van der Waals surface area contributed by atoms with Gasteiger partial charge in [-0.3, -0.25) is 4.79 Å². The molecule has 0 aliphatic heterocycles. The Labute approximate surface area is 173 Å². The Morgan fingerprint density at radius 3 is 2.66 bits per heavy atom. The van der Waals surface area contributed by atoms with Gasteiger partial charge in [-0.2, -0.15) is 0 Å². The lowest BCUT2D eigenvalue weighted by molar-refractivity contribution is -0.390. The minimum Gasteiger partial charge on any atom is -0.477 e. The first kappa shape index (κ1) is 20.5. The van der Waals surface area contributed by atoms with Crippen molar-refractivity contribution in [2.45, 2.75) is 26.8 Å². The molecule has 0 N–H and O–H groups in total. The molecule has 0 amide bonds. The molecule has 0 fully saturated rings. The molecule has 150 valence electrons. The van der Waals surface area contributed by atoms with Crippen molar-refractivity contribution in [1.29, 1.82) is 0 Å². The molecule has 0 aliphatic carbocycles. The van der Waals surface area contributed by atoms with Crippen LogP contribution in [-0.4, -0.2) is 26.9 Å². The summed E-state index contributed by atoms with van der Waals surface area (Å²) in [5.41, 5.74) is 3.50. The number of Topliss-reactive ketones (excluding diaryl/α,β-unsaturated/α-hetero) is 1. The number of pyridine rings is 1. The molecule has 3 aromatic rings. The molecule has 7 nitrogen and oxygen atoms in total. The molecule has 1 aromatic carbocycles. The molecule has 0 radical (unpaired) electrons. The molecule has 0 spiro atoms. The predicted octanol–water partition coefficient (Wildman–Crippen LogP) is 4.57. The molecule has 29 heavy (non-hydrogen) atoms. The summed E-state index contributed by atoms with van der Waals surface area (Å²) in [6.07, 6.45) is 2.11. The third-order valence-corrected chi connectivity index (χ3v) is 4.95. The van der Waals surface area contributed by atoms with Gasteiger partial charge in [-0.1, -0.05) is 23.7 Å². The van der Waals surface area contributed by atoms with E-state index in [4.69, 9.17) is 16.3 Å². The summed E-state index contributed by atoms with van der Waals surface area (Å²) in [4.78, 5) is 26.7. The first-order chi connectivity index (χ1) is 13.9. The van der Waals surface area contributed by atoms with Gasteiger partial charge in [0.05, 0.1) is 0 Å². The number of nitrogens with zero attached hydrogens (tertiary/aromatic N) is 3. The summed E-state index contributed by atoms with van der Waals surface area (Å²) in [6.45, 7) is 4.25. The number of ketones is 1. The molecular formula is C21H20ClN3O4. The largest absolute Gasteiger partial charge is 0.477 e. The molecule has 2 aromatic heterocycles. The van der Waals surface area contributed by atoms with Crippen LogP contribution in [0.15, 0.2) is 48.7 Å². The first-order valence-corrected chi connectivity index (χ1v) is 9.41. The zero-order valence-corrected chi connectivity index (χ0v) is 16.8. The van der Waals surface area contributed by atoms with Crippen molar-refractivity contribution in [3.8, 4) is 5.75 Å². The monoisotopic (exact) mass is 413 g/mol. The zero-order chi connectivity index (χ0) is 21.0. The van der Waals surface area contributed by atoms with Gasteiger partial charge in [-0.25, -0.2) is 0 Å². The van der Waals surface area contributed by atoms with Gasteiger partial charge in [0.15, 0.2) is 6.61 Å². The van der Waals surface area contributed by atoms with Gasteiger partial charge >= 0.3 is 5.82 Å². The second-order valence-electron chi connectivity index (χ2n) is 6.61. The van der Waals surface area contributed by atoms with Crippen LogP contribution in [0.1, 0.15) is 27.3 Å². The van der Waals surface area contributed by atoms with E-state index in [0.717, 1.165) is 29.9 Å². The number of rotatable bonds is 8. The average Bonchev–Trinajstić information content (AvgIpc) is 2.99. The minimum atomic E-state index is -0.636. The van der Waals surface area contributed by atoms with Crippen LogP contribution < -0.4 is 4.74 Å². The molecule has 0 bridgehead atoms. The first-order valence-electron chi connectivity index (χ1n) is 9.03. The Morgan fingerprint density at radius 1 is 1.24 bits per heavy atom. The van der Waals surface area contributed by atoms with Crippen molar-refractivity contribution in [3.63, 3.8) is 0 Å². The van der Waals surface area contributed by atoms with Crippen LogP contribution in [0.2, 0.25) is 5.02 Å². The Kier molecular flexibility index (Phi) is 6.29. The van der Waals surface area contributed by atoms with Crippen LogP contribution in [0.5, 0.6) is 5.75 Å². The van der Waals surface area contributed by atoms with Crippen LogP contribution >= 0.6 is 11.6 Å². The number of hydrogen-bond acceptors (Lipinski definition) is 5. The van der Waals surface area contributed by atoms with E-state index in [1.165, 1.54) is 18.3 Å². The fourth-order valence-electron chi connectivity index (χ4n) is 3.17. The van der Waals surface area contributed by atoms with Crippen LogP contribution in [0.3, 0.4) is 0 Å². The van der Waals surface area contributed by atoms with Gasteiger partial charge < -0.3 is 19.4 Å². The smallest absolute Gasteiger partial charge is 0.406 e. The Bertz CT molecular complexity index is 1040. The number of carbonyl (C=O) groups is 1. The van der Waals surface area contributed by atoms with Crippen LogP contribution in [-0.2, 0) is 13.0 Å². The number of carbonyl (C=O) groups excluding carboxylic acids is 1. The average molecular weight is 414 g/mol. The fourth-order valence-corrected chi connectivity index (χ4v) is 3.30. The van der Waals surface area contributed by atoms with Crippen molar-refractivity contribution in [1.82, 2.24) is 9.55 Å². The number of ether oxygens (including phenoxy) is 1. The summed E-state index contributed by atoms with van der Waals surface area (Å²) in [5, 5.41) is 11.7. The van der Waals surface area contributed by atoms with Crippen molar-refractivity contribution in [3.05, 3.63) is 86.3 Å². The second-order valence-corrected chi connectivity index (χ2v) is 7.04. The fraction of sp³-hybridized carbons (Fsp3) is 0.238. The highest BCUT2D eigenvalue weighted by Crippen LogP contribution is 2.24. The maximum atomic E-state index is 12.7. The molecular weight excluding hydrogens is 394 g/mol.